The van der Waals surface area contributed by atoms with Crippen LogP contribution in [0.5, 0.6) is 0 Å². The summed E-state index contributed by atoms with van der Waals surface area (Å²) in [6.07, 6.45) is 9.23. The molecule has 2 aliphatic rings. The first-order chi connectivity index (χ1) is 11.3. The second-order valence-corrected chi connectivity index (χ2v) is 8.15. The zero-order valence-electron chi connectivity index (χ0n) is 16.1. The van der Waals surface area contributed by atoms with Crippen LogP contribution >= 0.6 is 0 Å². The van der Waals surface area contributed by atoms with Gasteiger partial charge < -0.3 is 19.7 Å². The highest BCUT2D eigenvalue weighted by Crippen LogP contribution is 2.38. The molecule has 2 atom stereocenters. The highest BCUT2D eigenvalue weighted by Gasteiger charge is 2.40. The van der Waals surface area contributed by atoms with E-state index in [0.29, 0.717) is 24.9 Å². The Balaban J connectivity index is 0.000000243. The molecule has 0 heterocycles. The van der Waals surface area contributed by atoms with Crippen LogP contribution in [0.2, 0.25) is 0 Å². The highest BCUT2D eigenvalue weighted by atomic mass is 16.5. The van der Waals surface area contributed by atoms with Crippen LogP contribution in [0.1, 0.15) is 66.2 Å². The molecule has 0 spiro atoms. The van der Waals surface area contributed by atoms with Crippen molar-refractivity contribution < 1.29 is 19.7 Å². The van der Waals surface area contributed by atoms with Crippen LogP contribution in [-0.4, -0.2) is 48.8 Å². The molecule has 0 amide bonds. The van der Waals surface area contributed by atoms with Gasteiger partial charge in [0.1, 0.15) is 0 Å². The first-order valence-electron chi connectivity index (χ1n) is 9.51. The molecule has 0 bridgehead atoms. The van der Waals surface area contributed by atoms with Crippen molar-refractivity contribution >= 4 is 0 Å². The van der Waals surface area contributed by atoms with E-state index >= 15 is 0 Å². The Labute approximate surface area is 148 Å². The molecular formula is C20H38O4. The Morgan fingerprint density at radius 3 is 1.67 bits per heavy atom. The Kier molecular flexibility index (Phi) is 9.50. The van der Waals surface area contributed by atoms with Gasteiger partial charge in [-0.05, 0) is 49.4 Å². The molecule has 1 fully saturated rings. The van der Waals surface area contributed by atoms with Crippen LogP contribution in [0.25, 0.3) is 0 Å². The van der Waals surface area contributed by atoms with E-state index in [2.05, 4.69) is 39.8 Å². The van der Waals surface area contributed by atoms with E-state index in [1.807, 2.05) is 0 Å². The Morgan fingerprint density at radius 2 is 1.25 bits per heavy atom. The summed E-state index contributed by atoms with van der Waals surface area (Å²) < 4.78 is 11.0. The van der Waals surface area contributed by atoms with Crippen LogP contribution in [0.3, 0.4) is 0 Å². The Morgan fingerprint density at radius 1 is 0.833 bits per heavy atom. The van der Waals surface area contributed by atoms with Gasteiger partial charge in [0, 0.05) is 13.2 Å². The van der Waals surface area contributed by atoms with Gasteiger partial charge in [-0.15, -0.1) is 0 Å². The molecule has 24 heavy (non-hydrogen) atoms. The van der Waals surface area contributed by atoms with Gasteiger partial charge in [0.2, 0.25) is 0 Å². The van der Waals surface area contributed by atoms with E-state index in [9.17, 15) is 10.2 Å². The van der Waals surface area contributed by atoms with E-state index in [0.717, 1.165) is 32.7 Å². The van der Waals surface area contributed by atoms with E-state index in [1.165, 1.54) is 12.8 Å². The largest absolute Gasteiger partial charge is 0.390 e. The van der Waals surface area contributed by atoms with Crippen molar-refractivity contribution in [1.82, 2.24) is 0 Å². The third-order valence-corrected chi connectivity index (χ3v) is 4.83. The molecule has 2 N–H and O–H groups in total. The first kappa shape index (κ1) is 21.6. The number of aliphatic hydroxyl groups excluding tert-OH is 2. The van der Waals surface area contributed by atoms with Crippen LogP contribution in [0.4, 0.5) is 0 Å². The van der Waals surface area contributed by atoms with Crippen molar-refractivity contribution in [3.8, 4) is 0 Å². The van der Waals surface area contributed by atoms with Crippen LogP contribution in [-0.2, 0) is 9.47 Å². The lowest BCUT2D eigenvalue weighted by atomic mass is 9.89. The predicted molar refractivity (Wildman–Crippen MR) is 98.1 cm³/mol. The zero-order chi connectivity index (χ0) is 18.1. The van der Waals surface area contributed by atoms with Gasteiger partial charge in [0.25, 0.3) is 0 Å². The fourth-order valence-electron chi connectivity index (χ4n) is 3.35. The van der Waals surface area contributed by atoms with Crippen molar-refractivity contribution in [3.05, 3.63) is 12.2 Å². The van der Waals surface area contributed by atoms with Gasteiger partial charge >= 0.3 is 0 Å². The second kappa shape index (κ2) is 10.5. The lowest BCUT2D eigenvalue weighted by Crippen LogP contribution is -2.21. The molecular weight excluding hydrogens is 304 g/mol. The summed E-state index contributed by atoms with van der Waals surface area (Å²) in [5, 5.41) is 18.8. The molecule has 4 nitrogen and oxygen atoms in total. The average molecular weight is 343 g/mol. The number of rotatable bonds is 8. The van der Waals surface area contributed by atoms with Crippen LogP contribution in [0, 0.1) is 10.8 Å². The number of hydrogen-bond donors (Lipinski definition) is 2. The quantitative estimate of drug-likeness (QED) is 0.521. The number of aliphatic hydroxyl groups is 2. The second-order valence-electron chi connectivity index (χ2n) is 8.15. The molecule has 0 aliphatic heterocycles. The Bertz CT molecular complexity index is 349. The van der Waals surface area contributed by atoms with Gasteiger partial charge in [-0.2, -0.15) is 0 Å². The number of ether oxygens (including phenoxy) is 2. The van der Waals surface area contributed by atoms with Crippen molar-refractivity contribution in [3.63, 3.8) is 0 Å². The summed E-state index contributed by atoms with van der Waals surface area (Å²) in [4.78, 5) is 0. The van der Waals surface area contributed by atoms with Gasteiger partial charge in [-0.25, -0.2) is 0 Å². The molecule has 2 aliphatic carbocycles. The van der Waals surface area contributed by atoms with Crippen molar-refractivity contribution in [1.29, 1.82) is 0 Å². The molecule has 2 unspecified atom stereocenters. The molecule has 0 aromatic carbocycles. The molecule has 1 saturated carbocycles. The zero-order valence-corrected chi connectivity index (χ0v) is 16.1. The summed E-state index contributed by atoms with van der Waals surface area (Å²) in [5.74, 6) is 0. The fraction of sp³-hybridized carbons (Fsp3) is 0.900. The van der Waals surface area contributed by atoms with Crippen molar-refractivity contribution in [2.24, 2.45) is 10.8 Å². The summed E-state index contributed by atoms with van der Waals surface area (Å²) >= 11 is 0. The van der Waals surface area contributed by atoms with Crippen LogP contribution < -0.4 is 0 Å². The minimum absolute atomic E-state index is 0.0337. The predicted octanol–water partition coefficient (Wildman–Crippen LogP) is 3.70. The third-order valence-electron chi connectivity index (χ3n) is 4.83. The molecule has 4 heteroatoms. The summed E-state index contributed by atoms with van der Waals surface area (Å²) in [6.45, 7) is 11.8. The molecule has 0 aromatic rings. The molecule has 142 valence electrons. The summed E-state index contributed by atoms with van der Waals surface area (Å²) in [6, 6.07) is 0. The maximum Gasteiger partial charge on any atom is 0.0805 e. The summed E-state index contributed by atoms with van der Waals surface area (Å²) in [5.41, 5.74) is 0.378. The van der Waals surface area contributed by atoms with E-state index in [4.69, 9.17) is 9.47 Å². The molecule has 0 radical (unpaired) electrons. The van der Waals surface area contributed by atoms with E-state index in [-0.39, 0.29) is 5.41 Å². The molecule has 2 rings (SSSR count). The standard InChI is InChI=1S/C10H20O3.C10H18O/c1-3-4-13-7-10(2)5-8(11)9(12)6-10;1-3-8-11-9-10(2)6-4-5-7-10/h8-9,11-12H,3-7H2,1-2H3;4-5H,3,6-9H2,1-2H3. The topological polar surface area (TPSA) is 58.9 Å². The summed E-state index contributed by atoms with van der Waals surface area (Å²) in [7, 11) is 0. The number of hydrogen-bond acceptors (Lipinski definition) is 4. The lowest BCUT2D eigenvalue weighted by Gasteiger charge is -2.22. The minimum Gasteiger partial charge on any atom is -0.390 e. The SMILES string of the molecule is CCCOCC1(C)CC(O)C(O)C1.CCCOCC1(C)CC=CC1. The van der Waals surface area contributed by atoms with Gasteiger partial charge in [0.15, 0.2) is 0 Å². The lowest BCUT2D eigenvalue weighted by molar-refractivity contribution is 0.0438. The molecule has 0 saturated heterocycles. The Hall–Kier alpha value is -0.420. The first-order valence-corrected chi connectivity index (χ1v) is 9.51. The normalized spacial score (nSPS) is 31.1. The molecule has 0 aromatic heterocycles. The number of allylic oxidation sites excluding steroid dienone is 2. The third kappa shape index (κ3) is 7.64. The van der Waals surface area contributed by atoms with Gasteiger partial charge in [-0.3, -0.25) is 0 Å². The maximum absolute atomic E-state index is 9.38. The maximum atomic E-state index is 9.38. The van der Waals surface area contributed by atoms with Crippen molar-refractivity contribution in [2.75, 3.05) is 26.4 Å². The highest BCUT2D eigenvalue weighted by molar-refractivity contribution is 5.00. The van der Waals surface area contributed by atoms with Crippen molar-refractivity contribution in [2.45, 2.75) is 78.4 Å². The average Bonchev–Trinajstić information content (AvgIpc) is 3.05. The van der Waals surface area contributed by atoms with Crippen LogP contribution in [0.15, 0.2) is 12.2 Å². The fourth-order valence-corrected chi connectivity index (χ4v) is 3.35. The monoisotopic (exact) mass is 342 g/mol. The minimum atomic E-state index is -0.560. The smallest absolute Gasteiger partial charge is 0.0805 e. The van der Waals surface area contributed by atoms with E-state index < -0.39 is 12.2 Å². The van der Waals surface area contributed by atoms with Gasteiger partial charge in [0.05, 0.1) is 25.4 Å². The van der Waals surface area contributed by atoms with Gasteiger partial charge in [-0.1, -0.05) is 39.8 Å². The van der Waals surface area contributed by atoms with E-state index in [1.54, 1.807) is 0 Å².